The van der Waals surface area contributed by atoms with Crippen molar-refractivity contribution in [1.29, 1.82) is 0 Å². The van der Waals surface area contributed by atoms with E-state index < -0.39 is 17.6 Å². The van der Waals surface area contributed by atoms with Gasteiger partial charge in [-0.05, 0) is 31.0 Å². The second kappa shape index (κ2) is 6.91. The van der Waals surface area contributed by atoms with Gasteiger partial charge in [0.2, 0.25) is 0 Å². The van der Waals surface area contributed by atoms with Gasteiger partial charge in [0.15, 0.2) is 0 Å². The van der Waals surface area contributed by atoms with E-state index in [4.69, 9.17) is 10.5 Å². The Morgan fingerprint density at radius 1 is 1.03 bits per heavy atom. The monoisotopic (exact) mass is 414 g/mol. The molecular weight excluding hydrogens is 397 g/mol. The maximum absolute atomic E-state index is 13.3. The third-order valence-electron chi connectivity index (χ3n) is 5.35. The van der Waals surface area contributed by atoms with Crippen molar-refractivity contribution in [3.05, 3.63) is 42.5 Å². The summed E-state index contributed by atoms with van der Waals surface area (Å²) in [5, 5.41) is 0. The summed E-state index contributed by atoms with van der Waals surface area (Å²) in [4.78, 5) is 17.2. The van der Waals surface area contributed by atoms with E-state index in [2.05, 4.69) is 24.5 Å². The Morgan fingerprint density at radius 2 is 1.83 bits per heavy atom. The number of imidazole rings is 1. The van der Waals surface area contributed by atoms with Crippen molar-refractivity contribution >= 4 is 27.9 Å². The van der Waals surface area contributed by atoms with Gasteiger partial charge in [-0.25, -0.2) is 15.0 Å². The van der Waals surface area contributed by atoms with Crippen molar-refractivity contribution in [2.45, 2.75) is 25.1 Å². The Bertz CT molecular complexity index is 1250. The molecule has 30 heavy (non-hydrogen) atoms. The highest BCUT2D eigenvalue weighted by Crippen LogP contribution is 2.35. The van der Waals surface area contributed by atoms with Gasteiger partial charge in [-0.2, -0.15) is 13.2 Å². The van der Waals surface area contributed by atoms with Crippen molar-refractivity contribution in [3.8, 4) is 11.3 Å². The van der Waals surface area contributed by atoms with Gasteiger partial charge in [0.1, 0.15) is 16.9 Å². The van der Waals surface area contributed by atoms with Crippen molar-refractivity contribution in [2.75, 3.05) is 18.9 Å². The maximum atomic E-state index is 13.3. The highest BCUT2D eigenvalue weighted by Gasteiger charge is 2.34. The van der Waals surface area contributed by atoms with Crippen LogP contribution < -0.4 is 5.73 Å². The molecule has 1 aliphatic heterocycles. The van der Waals surface area contributed by atoms with Gasteiger partial charge < -0.3 is 15.0 Å². The highest BCUT2D eigenvalue weighted by molar-refractivity contribution is 6.00. The van der Waals surface area contributed by atoms with Crippen LogP contribution in [0.4, 0.5) is 19.0 Å². The number of anilines is 1. The molecule has 4 aromatic heterocycles. The number of ether oxygens (including phenoxy) is 1. The molecule has 0 radical (unpaired) electrons. The van der Waals surface area contributed by atoms with Crippen molar-refractivity contribution in [2.24, 2.45) is 0 Å². The maximum Gasteiger partial charge on any atom is 0.419 e. The predicted octanol–water partition coefficient (Wildman–Crippen LogP) is 3.99. The molecule has 0 unspecified atom stereocenters. The lowest BCUT2D eigenvalue weighted by molar-refractivity contribution is -0.137. The van der Waals surface area contributed by atoms with Gasteiger partial charge in [-0.1, -0.05) is 0 Å². The number of pyridine rings is 3. The Balaban J connectivity index is 1.68. The van der Waals surface area contributed by atoms with Crippen LogP contribution in [0.3, 0.4) is 0 Å². The number of rotatable bonds is 2. The number of nitrogens with two attached hydrogens (primary N) is 1. The number of nitrogens with zero attached hydrogens (tertiary/aromatic N) is 5. The average molecular weight is 414 g/mol. The van der Waals surface area contributed by atoms with E-state index in [0.717, 1.165) is 24.4 Å². The summed E-state index contributed by atoms with van der Waals surface area (Å²) < 4.78 is 47.3. The van der Waals surface area contributed by atoms with Crippen LogP contribution in [0.15, 0.2) is 36.9 Å². The van der Waals surface area contributed by atoms with Crippen LogP contribution in [0.1, 0.15) is 24.4 Å². The van der Waals surface area contributed by atoms with Crippen molar-refractivity contribution in [3.63, 3.8) is 0 Å². The number of fused-ring (bicyclic) bond motifs is 3. The molecule has 0 aromatic carbocycles. The number of hydrogen-bond acceptors (Lipinski definition) is 6. The van der Waals surface area contributed by atoms with Gasteiger partial charge >= 0.3 is 6.18 Å². The summed E-state index contributed by atoms with van der Waals surface area (Å²) in [6.07, 6.45) is 1.85. The summed E-state index contributed by atoms with van der Waals surface area (Å²) in [5.74, 6) is -0.561. The van der Waals surface area contributed by atoms with E-state index in [1.54, 1.807) is 24.7 Å². The molecule has 0 atom stereocenters. The molecule has 154 valence electrons. The average Bonchev–Trinajstić information content (AvgIpc) is 3.18. The minimum absolute atomic E-state index is 0.217. The van der Waals surface area contributed by atoms with Crippen LogP contribution in [-0.2, 0) is 10.9 Å². The van der Waals surface area contributed by atoms with Crippen molar-refractivity contribution in [1.82, 2.24) is 24.5 Å². The number of halogens is 3. The Labute approximate surface area is 168 Å². The first-order valence-electron chi connectivity index (χ1n) is 9.45. The number of hydrogen-bond donors (Lipinski definition) is 1. The van der Waals surface area contributed by atoms with Crippen LogP contribution in [0.5, 0.6) is 0 Å². The molecule has 1 aliphatic rings. The molecule has 0 amide bonds. The van der Waals surface area contributed by atoms with Gasteiger partial charge in [0.05, 0.1) is 34.8 Å². The highest BCUT2D eigenvalue weighted by atomic mass is 19.4. The fourth-order valence-electron chi connectivity index (χ4n) is 3.82. The molecule has 0 bridgehead atoms. The molecule has 5 heterocycles. The summed E-state index contributed by atoms with van der Waals surface area (Å²) in [6.45, 7) is 1.34. The molecule has 4 aromatic rings. The Hall–Kier alpha value is -3.27. The largest absolute Gasteiger partial charge is 0.419 e. The predicted molar refractivity (Wildman–Crippen MR) is 105 cm³/mol. The van der Waals surface area contributed by atoms with E-state index in [9.17, 15) is 13.2 Å². The van der Waals surface area contributed by atoms with E-state index in [-0.39, 0.29) is 11.6 Å². The van der Waals surface area contributed by atoms with Crippen LogP contribution in [0.2, 0.25) is 0 Å². The van der Waals surface area contributed by atoms with E-state index in [1.807, 2.05) is 0 Å². The van der Waals surface area contributed by atoms with Crippen LogP contribution >= 0.6 is 0 Å². The fourth-order valence-corrected chi connectivity index (χ4v) is 3.82. The molecule has 0 spiro atoms. The zero-order chi connectivity index (χ0) is 20.9. The Kier molecular flexibility index (Phi) is 4.31. The normalized spacial score (nSPS) is 15.8. The summed E-state index contributed by atoms with van der Waals surface area (Å²) in [5.41, 5.74) is 7.75. The SMILES string of the molecule is Nc1ncc(-c2ccc3ncc4ncn(C5CCOCC5)c4c3n2)cc1C(F)(F)F. The summed E-state index contributed by atoms with van der Waals surface area (Å²) in [6, 6.07) is 4.56. The molecule has 0 aliphatic carbocycles. The lowest BCUT2D eigenvalue weighted by Crippen LogP contribution is -2.19. The summed E-state index contributed by atoms with van der Waals surface area (Å²) >= 11 is 0. The summed E-state index contributed by atoms with van der Waals surface area (Å²) in [7, 11) is 0. The molecule has 0 saturated carbocycles. The first kappa shape index (κ1) is 18.7. The van der Waals surface area contributed by atoms with Gasteiger partial charge in [0.25, 0.3) is 0 Å². The third-order valence-corrected chi connectivity index (χ3v) is 5.35. The quantitative estimate of drug-likeness (QED) is 0.533. The minimum atomic E-state index is -4.60. The smallest absolute Gasteiger partial charge is 0.383 e. The molecule has 7 nitrogen and oxygen atoms in total. The van der Waals surface area contributed by atoms with Crippen LogP contribution in [0.25, 0.3) is 33.3 Å². The first-order chi connectivity index (χ1) is 14.4. The van der Waals surface area contributed by atoms with Gasteiger partial charge in [0, 0.05) is 31.0 Å². The van der Waals surface area contributed by atoms with E-state index in [0.29, 0.717) is 35.5 Å². The van der Waals surface area contributed by atoms with Gasteiger partial charge in [-0.15, -0.1) is 0 Å². The molecule has 5 rings (SSSR count). The van der Waals surface area contributed by atoms with E-state index in [1.165, 1.54) is 6.20 Å². The fraction of sp³-hybridized carbons (Fsp3) is 0.300. The first-order valence-corrected chi connectivity index (χ1v) is 9.45. The topological polar surface area (TPSA) is 91.7 Å². The van der Waals surface area contributed by atoms with Crippen molar-refractivity contribution < 1.29 is 17.9 Å². The standard InChI is InChI=1S/C20H17F3N6O/c21-20(22,23)13-7-11(8-26-19(13)24)14-1-2-15-17(28-14)18-16(9-25-15)27-10-29(18)12-3-5-30-6-4-12/h1-2,7-10,12H,3-6H2,(H2,24,26). The Morgan fingerprint density at radius 3 is 2.60 bits per heavy atom. The zero-order valence-corrected chi connectivity index (χ0v) is 15.7. The third kappa shape index (κ3) is 3.13. The molecule has 1 fully saturated rings. The number of aromatic nitrogens is 5. The second-order valence-electron chi connectivity index (χ2n) is 7.21. The molecule has 10 heteroatoms. The van der Waals surface area contributed by atoms with Gasteiger partial charge in [-0.3, -0.25) is 4.98 Å². The van der Waals surface area contributed by atoms with Crippen LogP contribution in [-0.4, -0.2) is 37.7 Å². The molecule has 1 saturated heterocycles. The lowest BCUT2D eigenvalue weighted by Gasteiger charge is -2.24. The second-order valence-corrected chi connectivity index (χ2v) is 7.21. The minimum Gasteiger partial charge on any atom is -0.383 e. The van der Waals surface area contributed by atoms with Crippen LogP contribution in [0, 0.1) is 0 Å². The molecular formula is C20H17F3N6O. The zero-order valence-electron chi connectivity index (χ0n) is 15.7. The molecule has 2 N–H and O–H groups in total. The number of nitrogen functional groups attached to an aromatic ring is 1. The van der Waals surface area contributed by atoms with E-state index >= 15 is 0 Å². The number of alkyl halides is 3. The lowest BCUT2D eigenvalue weighted by atomic mass is 10.1.